The lowest BCUT2D eigenvalue weighted by molar-refractivity contribution is -0.139. The van der Waals surface area contributed by atoms with E-state index in [4.69, 9.17) is 0 Å². The minimum absolute atomic E-state index is 0.145. The van der Waals surface area contributed by atoms with E-state index in [9.17, 15) is 14.7 Å². The van der Waals surface area contributed by atoms with Crippen molar-refractivity contribution < 1.29 is 14.7 Å². The van der Waals surface area contributed by atoms with Gasteiger partial charge >= 0.3 is 0 Å². The summed E-state index contributed by atoms with van der Waals surface area (Å²) < 4.78 is 0. The fourth-order valence-corrected chi connectivity index (χ4v) is 5.12. The van der Waals surface area contributed by atoms with Crippen molar-refractivity contribution in [1.29, 1.82) is 0 Å². The Labute approximate surface area is 166 Å². The SMILES string of the molecule is CNC(=O)c1ccc(N2CCC[C@]3(CCN(C4CCC(O)CC4)C3=O)C2)nc1. The van der Waals surface area contributed by atoms with Crippen molar-refractivity contribution in [2.75, 3.05) is 31.6 Å². The normalized spacial score (nSPS) is 30.7. The number of likely N-dealkylation sites (tertiary alicyclic amines) is 1. The zero-order valence-corrected chi connectivity index (χ0v) is 16.6. The number of nitrogens with one attached hydrogen (secondary N) is 1. The lowest BCUT2D eigenvalue weighted by Gasteiger charge is -2.41. The number of hydrogen-bond acceptors (Lipinski definition) is 5. The first-order valence-electron chi connectivity index (χ1n) is 10.4. The van der Waals surface area contributed by atoms with Crippen molar-refractivity contribution in [3.8, 4) is 0 Å². The number of rotatable bonds is 3. The fourth-order valence-electron chi connectivity index (χ4n) is 5.12. The average molecular weight is 386 g/mol. The van der Waals surface area contributed by atoms with Crippen molar-refractivity contribution in [1.82, 2.24) is 15.2 Å². The maximum atomic E-state index is 13.4. The van der Waals surface area contributed by atoms with Gasteiger partial charge in [-0.15, -0.1) is 0 Å². The number of aliphatic hydroxyl groups excluding tert-OH is 1. The first-order valence-corrected chi connectivity index (χ1v) is 10.4. The van der Waals surface area contributed by atoms with Crippen LogP contribution in [-0.2, 0) is 4.79 Å². The highest BCUT2D eigenvalue weighted by molar-refractivity contribution is 5.93. The number of carbonyl (C=O) groups is 2. The standard InChI is InChI=1S/C21H30N4O3/c1-22-19(27)15-3-8-18(23-13-15)24-11-2-9-21(14-24)10-12-25(20(21)28)16-4-6-17(26)7-5-16/h3,8,13,16-17,26H,2,4-7,9-12,14H2,1H3,(H,22,27)/t16?,17?,21-/m0/s1. The molecule has 3 fully saturated rings. The van der Waals surface area contributed by atoms with Gasteiger partial charge in [0.25, 0.3) is 5.91 Å². The van der Waals surface area contributed by atoms with Crippen LogP contribution in [-0.4, -0.2) is 65.6 Å². The van der Waals surface area contributed by atoms with Crippen LogP contribution in [0, 0.1) is 5.41 Å². The minimum atomic E-state index is -0.310. The van der Waals surface area contributed by atoms with Crippen LogP contribution in [0.25, 0.3) is 0 Å². The smallest absolute Gasteiger partial charge is 0.252 e. The Balaban J connectivity index is 1.46. The first-order chi connectivity index (χ1) is 13.5. The molecule has 0 bridgehead atoms. The Kier molecular flexibility index (Phi) is 5.27. The van der Waals surface area contributed by atoms with E-state index in [-0.39, 0.29) is 23.5 Å². The molecule has 1 aliphatic carbocycles. The second kappa shape index (κ2) is 7.70. The van der Waals surface area contributed by atoms with E-state index in [2.05, 4.69) is 20.1 Å². The van der Waals surface area contributed by atoms with Crippen molar-refractivity contribution in [2.45, 2.75) is 57.1 Å². The predicted octanol–water partition coefficient (Wildman–Crippen LogP) is 1.56. The van der Waals surface area contributed by atoms with Gasteiger partial charge in [0, 0.05) is 38.9 Å². The summed E-state index contributed by atoms with van der Waals surface area (Å²) in [7, 11) is 1.61. The topological polar surface area (TPSA) is 85.8 Å². The molecule has 1 aromatic rings. The third-order valence-electron chi connectivity index (χ3n) is 6.79. The molecule has 4 rings (SSSR count). The van der Waals surface area contributed by atoms with Crippen LogP contribution in [0.2, 0.25) is 0 Å². The van der Waals surface area contributed by atoms with Gasteiger partial charge in [-0.05, 0) is 57.1 Å². The van der Waals surface area contributed by atoms with Crippen LogP contribution >= 0.6 is 0 Å². The minimum Gasteiger partial charge on any atom is -0.393 e. The average Bonchev–Trinajstić information content (AvgIpc) is 3.04. The number of anilines is 1. The van der Waals surface area contributed by atoms with E-state index in [0.717, 1.165) is 63.9 Å². The molecule has 1 spiro atoms. The summed E-state index contributed by atoms with van der Waals surface area (Å²) in [5, 5.41) is 12.4. The maximum absolute atomic E-state index is 13.4. The van der Waals surface area contributed by atoms with Crippen molar-refractivity contribution in [3.05, 3.63) is 23.9 Å². The summed E-state index contributed by atoms with van der Waals surface area (Å²) in [6, 6.07) is 3.96. The van der Waals surface area contributed by atoms with Gasteiger partial charge in [0.2, 0.25) is 5.91 Å². The van der Waals surface area contributed by atoms with Gasteiger partial charge in [-0.2, -0.15) is 0 Å². The molecule has 2 aliphatic heterocycles. The molecule has 0 unspecified atom stereocenters. The Hall–Kier alpha value is -2.15. The lowest BCUT2D eigenvalue weighted by atomic mass is 9.78. The number of amides is 2. The predicted molar refractivity (Wildman–Crippen MR) is 106 cm³/mol. The molecule has 2 saturated heterocycles. The molecule has 152 valence electrons. The molecule has 7 heteroatoms. The molecule has 7 nitrogen and oxygen atoms in total. The van der Waals surface area contributed by atoms with E-state index in [1.54, 1.807) is 19.3 Å². The lowest BCUT2D eigenvalue weighted by Crippen LogP contribution is -2.50. The van der Waals surface area contributed by atoms with Gasteiger partial charge in [0.05, 0.1) is 17.1 Å². The molecule has 1 atom stereocenters. The number of carbonyl (C=O) groups excluding carboxylic acids is 2. The molecule has 2 N–H and O–H groups in total. The summed E-state index contributed by atoms with van der Waals surface area (Å²) in [5.74, 6) is 0.979. The Morgan fingerprint density at radius 2 is 2.00 bits per heavy atom. The summed E-state index contributed by atoms with van der Waals surface area (Å²) in [6.45, 7) is 2.41. The maximum Gasteiger partial charge on any atom is 0.252 e. The number of pyridine rings is 1. The quantitative estimate of drug-likeness (QED) is 0.824. The largest absolute Gasteiger partial charge is 0.393 e. The van der Waals surface area contributed by atoms with E-state index >= 15 is 0 Å². The van der Waals surface area contributed by atoms with Crippen molar-refractivity contribution in [3.63, 3.8) is 0 Å². The summed E-state index contributed by atoms with van der Waals surface area (Å²) in [5.41, 5.74) is 0.232. The Morgan fingerprint density at radius 3 is 2.68 bits per heavy atom. The molecule has 28 heavy (non-hydrogen) atoms. The van der Waals surface area contributed by atoms with E-state index in [1.807, 2.05) is 6.07 Å². The second-order valence-corrected chi connectivity index (χ2v) is 8.50. The molecule has 1 aromatic heterocycles. The summed E-state index contributed by atoms with van der Waals surface area (Å²) in [4.78, 5) is 33.9. The molecule has 3 heterocycles. The van der Waals surface area contributed by atoms with E-state index in [1.165, 1.54) is 0 Å². The van der Waals surface area contributed by atoms with Crippen LogP contribution in [0.5, 0.6) is 0 Å². The Bertz CT molecular complexity index is 730. The van der Waals surface area contributed by atoms with Crippen LogP contribution in [0.15, 0.2) is 18.3 Å². The zero-order chi connectivity index (χ0) is 19.7. The fraction of sp³-hybridized carbons (Fsp3) is 0.667. The molecule has 0 aromatic carbocycles. The Morgan fingerprint density at radius 1 is 1.21 bits per heavy atom. The molecule has 3 aliphatic rings. The number of piperidine rings is 1. The highest BCUT2D eigenvalue weighted by Gasteiger charge is 2.50. The van der Waals surface area contributed by atoms with E-state index in [0.29, 0.717) is 18.0 Å². The van der Waals surface area contributed by atoms with E-state index < -0.39 is 0 Å². The van der Waals surface area contributed by atoms with Crippen LogP contribution in [0.4, 0.5) is 5.82 Å². The number of aliphatic hydroxyl groups is 1. The van der Waals surface area contributed by atoms with Gasteiger partial charge < -0.3 is 20.2 Å². The second-order valence-electron chi connectivity index (χ2n) is 8.50. The molecule has 2 amide bonds. The molecule has 0 radical (unpaired) electrons. The van der Waals surface area contributed by atoms with Gasteiger partial charge in [-0.3, -0.25) is 9.59 Å². The van der Waals surface area contributed by atoms with Crippen LogP contribution in [0.3, 0.4) is 0 Å². The summed E-state index contributed by atoms with van der Waals surface area (Å²) in [6.07, 6.45) is 7.64. The highest BCUT2D eigenvalue weighted by atomic mass is 16.3. The van der Waals surface area contributed by atoms with Crippen molar-refractivity contribution in [2.24, 2.45) is 5.41 Å². The van der Waals surface area contributed by atoms with Gasteiger partial charge in [-0.25, -0.2) is 4.98 Å². The monoisotopic (exact) mass is 386 g/mol. The first kappa shape index (κ1) is 19.2. The van der Waals surface area contributed by atoms with Gasteiger partial charge in [-0.1, -0.05) is 0 Å². The van der Waals surface area contributed by atoms with Crippen LogP contribution < -0.4 is 10.2 Å². The number of nitrogens with zero attached hydrogens (tertiary/aromatic N) is 3. The van der Waals surface area contributed by atoms with Crippen molar-refractivity contribution >= 4 is 17.6 Å². The molecular formula is C21H30N4O3. The van der Waals surface area contributed by atoms with Crippen LogP contribution in [0.1, 0.15) is 55.3 Å². The summed E-state index contributed by atoms with van der Waals surface area (Å²) >= 11 is 0. The zero-order valence-electron chi connectivity index (χ0n) is 16.6. The third kappa shape index (κ3) is 3.48. The number of aromatic nitrogens is 1. The third-order valence-corrected chi connectivity index (χ3v) is 6.79. The van der Waals surface area contributed by atoms with Gasteiger partial charge in [0.1, 0.15) is 5.82 Å². The molecule has 1 saturated carbocycles. The highest BCUT2D eigenvalue weighted by Crippen LogP contribution is 2.43. The van der Waals surface area contributed by atoms with Gasteiger partial charge in [0.15, 0.2) is 0 Å². The molecular weight excluding hydrogens is 356 g/mol. The number of hydrogen-bond donors (Lipinski definition) is 2.